The number of urea groups is 1. The fourth-order valence-electron chi connectivity index (χ4n) is 2.71. The number of carbonyl (C=O) groups is 2. The molecule has 1 atom stereocenters. The summed E-state index contributed by atoms with van der Waals surface area (Å²) in [4.78, 5) is 26.2. The van der Waals surface area contributed by atoms with Gasteiger partial charge in [0.1, 0.15) is 18.4 Å². The van der Waals surface area contributed by atoms with Gasteiger partial charge in [0.05, 0.1) is 0 Å². The van der Waals surface area contributed by atoms with Crippen LogP contribution < -0.4 is 15.4 Å². The summed E-state index contributed by atoms with van der Waals surface area (Å²) >= 11 is 0. The number of carbonyl (C=O) groups excluding carboxylic acids is 2. The molecule has 0 aliphatic rings. The average Bonchev–Trinajstić information content (AvgIpc) is 2.68. The molecule has 0 fully saturated rings. The number of hydrogen-bond donors (Lipinski definition) is 2. The monoisotopic (exact) mass is 367 g/mol. The molecular weight excluding hydrogens is 342 g/mol. The number of rotatable bonds is 8. The Morgan fingerprint density at radius 3 is 2.41 bits per heavy atom. The lowest BCUT2D eigenvalue weighted by molar-refractivity contribution is -0.125. The van der Waals surface area contributed by atoms with E-state index in [2.05, 4.69) is 17.2 Å². The van der Waals surface area contributed by atoms with E-state index in [0.29, 0.717) is 13.2 Å². The van der Waals surface area contributed by atoms with E-state index < -0.39 is 12.1 Å². The summed E-state index contributed by atoms with van der Waals surface area (Å²) in [7, 11) is 3.32. The Kier molecular flexibility index (Phi) is 7.58. The Bertz CT molecular complexity index is 760. The van der Waals surface area contributed by atoms with Crippen LogP contribution >= 0.6 is 0 Å². The van der Waals surface area contributed by atoms with Gasteiger partial charge < -0.3 is 10.1 Å². The zero-order valence-corrected chi connectivity index (χ0v) is 15.6. The minimum absolute atomic E-state index is 0.381. The van der Waals surface area contributed by atoms with Crippen LogP contribution in [0.3, 0.4) is 0 Å². The summed E-state index contributed by atoms with van der Waals surface area (Å²) in [6.45, 7) is 4.61. The van der Waals surface area contributed by atoms with Crippen molar-refractivity contribution in [3.63, 3.8) is 0 Å². The van der Waals surface area contributed by atoms with Crippen LogP contribution in [-0.2, 0) is 11.3 Å². The van der Waals surface area contributed by atoms with Crippen LogP contribution in [0, 0.1) is 0 Å². The lowest BCUT2D eigenvalue weighted by atomic mass is 10.0. The van der Waals surface area contributed by atoms with Crippen molar-refractivity contribution in [2.24, 2.45) is 0 Å². The average molecular weight is 367 g/mol. The predicted octanol–water partition coefficient (Wildman–Crippen LogP) is 2.88. The maximum absolute atomic E-state index is 12.7. The minimum atomic E-state index is -0.597. The van der Waals surface area contributed by atoms with Gasteiger partial charge in [-0.1, -0.05) is 55.1 Å². The number of benzene rings is 2. The molecule has 0 aromatic heterocycles. The van der Waals surface area contributed by atoms with E-state index in [4.69, 9.17) is 4.74 Å². The number of nitrogens with zero attached hydrogens (tertiary/aromatic N) is 1. The van der Waals surface area contributed by atoms with Crippen molar-refractivity contribution in [1.29, 1.82) is 0 Å². The van der Waals surface area contributed by atoms with Crippen LogP contribution in [0.1, 0.15) is 17.2 Å². The van der Waals surface area contributed by atoms with Crippen LogP contribution in [0.5, 0.6) is 5.75 Å². The van der Waals surface area contributed by atoms with E-state index in [1.54, 1.807) is 6.08 Å². The van der Waals surface area contributed by atoms with Gasteiger partial charge in [0.2, 0.25) is 5.91 Å². The highest BCUT2D eigenvalue weighted by Crippen LogP contribution is 2.22. The molecule has 6 nitrogen and oxygen atoms in total. The van der Waals surface area contributed by atoms with Crippen LogP contribution in [0.4, 0.5) is 4.79 Å². The number of likely N-dealkylation sites (N-methyl/N-ethyl adjacent to an activating group) is 1. The molecule has 2 aromatic rings. The number of hydrogen-bond acceptors (Lipinski definition) is 4. The van der Waals surface area contributed by atoms with Gasteiger partial charge in [0, 0.05) is 13.6 Å². The van der Waals surface area contributed by atoms with E-state index in [1.807, 2.05) is 66.5 Å². The van der Waals surface area contributed by atoms with Crippen LogP contribution in [0.15, 0.2) is 67.3 Å². The first-order valence-corrected chi connectivity index (χ1v) is 8.65. The maximum Gasteiger partial charge on any atom is 0.321 e. The Hall–Kier alpha value is -3.12. The molecule has 142 valence electrons. The predicted molar refractivity (Wildman–Crippen MR) is 105 cm³/mol. The normalized spacial score (nSPS) is 11.5. The first-order chi connectivity index (χ1) is 13.0. The molecule has 27 heavy (non-hydrogen) atoms. The summed E-state index contributed by atoms with van der Waals surface area (Å²) in [5.41, 5.74) is 1.84. The second kappa shape index (κ2) is 10.1. The molecule has 0 heterocycles. The van der Waals surface area contributed by atoms with E-state index in [-0.39, 0.29) is 5.91 Å². The topological polar surface area (TPSA) is 70.7 Å². The Morgan fingerprint density at radius 2 is 1.81 bits per heavy atom. The zero-order valence-electron chi connectivity index (χ0n) is 15.6. The molecule has 3 amide bonds. The number of nitrogens with one attached hydrogen (secondary N) is 2. The summed E-state index contributed by atoms with van der Waals surface area (Å²) < 4.78 is 5.49. The van der Waals surface area contributed by atoms with E-state index in [1.165, 1.54) is 7.05 Å². The smallest absolute Gasteiger partial charge is 0.321 e. The molecule has 0 aliphatic heterocycles. The molecule has 0 bridgehead atoms. The molecule has 0 saturated carbocycles. The van der Waals surface area contributed by atoms with Crippen LogP contribution in [0.2, 0.25) is 0 Å². The summed E-state index contributed by atoms with van der Waals surface area (Å²) in [5.74, 6) is 0.382. The highest BCUT2D eigenvalue weighted by Gasteiger charge is 2.26. The Morgan fingerprint density at radius 1 is 1.15 bits per heavy atom. The quantitative estimate of drug-likeness (QED) is 0.704. The van der Waals surface area contributed by atoms with E-state index in [9.17, 15) is 9.59 Å². The third kappa shape index (κ3) is 5.97. The molecular formula is C21H25N3O3. The lowest BCUT2D eigenvalue weighted by Gasteiger charge is -2.27. The second-order valence-electron chi connectivity index (χ2n) is 6.04. The van der Waals surface area contributed by atoms with Gasteiger partial charge in [-0.05, 0) is 30.3 Å². The highest BCUT2D eigenvalue weighted by atomic mass is 16.5. The van der Waals surface area contributed by atoms with Crippen molar-refractivity contribution < 1.29 is 14.3 Å². The molecule has 2 rings (SSSR count). The summed E-state index contributed by atoms with van der Waals surface area (Å²) in [6.07, 6.45) is 1.69. The number of ether oxygens (including phenoxy) is 1. The van der Waals surface area contributed by atoms with Crippen LogP contribution in [0.25, 0.3) is 0 Å². The van der Waals surface area contributed by atoms with Crippen molar-refractivity contribution in [3.8, 4) is 5.75 Å². The largest absolute Gasteiger partial charge is 0.490 e. The summed E-state index contributed by atoms with van der Waals surface area (Å²) in [5, 5.41) is 4.77. The third-order valence-electron chi connectivity index (χ3n) is 3.99. The van der Waals surface area contributed by atoms with Crippen LogP contribution in [-0.4, -0.2) is 37.5 Å². The number of amides is 3. The highest BCUT2D eigenvalue weighted by molar-refractivity contribution is 5.97. The van der Waals surface area contributed by atoms with E-state index in [0.717, 1.165) is 16.9 Å². The lowest BCUT2D eigenvalue weighted by Crippen LogP contribution is -2.44. The fourth-order valence-corrected chi connectivity index (χ4v) is 2.71. The van der Waals surface area contributed by atoms with Gasteiger partial charge in [0.25, 0.3) is 0 Å². The van der Waals surface area contributed by atoms with Gasteiger partial charge in [0.15, 0.2) is 0 Å². The van der Waals surface area contributed by atoms with Gasteiger partial charge in [-0.25, -0.2) is 4.79 Å². The first kappa shape index (κ1) is 20.2. The van der Waals surface area contributed by atoms with Crippen molar-refractivity contribution in [2.45, 2.75) is 12.6 Å². The maximum atomic E-state index is 12.7. The SMILES string of the molecule is C=CCOc1ccc(CN(C)[C@@H](C(=O)NC(=O)NC)c2ccccc2)cc1. The van der Waals surface area contributed by atoms with Crippen molar-refractivity contribution in [3.05, 3.63) is 78.4 Å². The first-order valence-electron chi connectivity index (χ1n) is 8.65. The molecule has 0 unspecified atom stereocenters. The van der Waals surface area contributed by atoms with E-state index >= 15 is 0 Å². The molecule has 0 radical (unpaired) electrons. The Labute approximate surface area is 159 Å². The molecule has 0 spiro atoms. The van der Waals surface area contributed by atoms with Gasteiger partial charge in [-0.2, -0.15) is 0 Å². The second-order valence-corrected chi connectivity index (χ2v) is 6.04. The van der Waals surface area contributed by atoms with Crippen molar-refractivity contribution in [2.75, 3.05) is 20.7 Å². The van der Waals surface area contributed by atoms with Crippen molar-refractivity contribution in [1.82, 2.24) is 15.5 Å². The fraction of sp³-hybridized carbons (Fsp3) is 0.238. The zero-order chi connectivity index (χ0) is 19.6. The standard InChI is InChI=1S/C21H25N3O3/c1-4-14-27-18-12-10-16(11-13-18)15-24(3)19(17-8-6-5-7-9-17)20(25)23-21(26)22-2/h4-13,19H,1,14-15H2,2-3H3,(H2,22,23,25,26)/t19-/m1/s1. The number of imide groups is 1. The minimum Gasteiger partial charge on any atom is -0.490 e. The Balaban J connectivity index is 2.15. The third-order valence-corrected chi connectivity index (χ3v) is 3.99. The molecule has 0 aliphatic carbocycles. The molecule has 0 saturated heterocycles. The molecule has 2 N–H and O–H groups in total. The summed E-state index contributed by atoms with van der Waals surface area (Å²) in [6, 6.07) is 15.9. The molecule has 2 aromatic carbocycles. The van der Waals surface area contributed by atoms with Gasteiger partial charge >= 0.3 is 6.03 Å². The van der Waals surface area contributed by atoms with Gasteiger partial charge in [-0.15, -0.1) is 0 Å². The van der Waals surface area contributed by atoms with Gasteiger partial charge in [-0.3, -0.25) is 15.0 Å². The van der Waals surface area contributed by atoms with Crippen molar-refractivity contribution >= 4 is 11.9 Å². The molecule has 6 heteroatoms.